The molecule has 208 valence electrons. The van der Waals surface area contributed by atoms with Crippen LogP contribution in [0.5, 0.6) is 5.75 Å². The van der Waals surface area contributed by atoms with Crippen molar-refractivity contribution in [3.8, 4) is 17.6 Å². The summed E-state index contributed by atoms with van der Waals surface area (Å²) < 4.78 is 113. The third-order valence-corrected chi connectivity index (χ3v) is 5.29. The Hall–Kier alpha value is -5.25. The number of halogens is 8. The van der Waals surface area contributed by atoms with Crippen LogP contribution in [0.15, 0.2) is 66.9 Å². The highest BCUT2D eigenvalue weighted by atomic mass is 19.4. The van der Waals surface area contributed by atoms with Crippen LogP contribution in [0, 0.1) is 40.9 Å². The fourth-order valence-corrected chi connectivity index (χ4v) is 3.37. The maximum atomic E-state index is 13.9. The molecule has 0 saturated carbocycles. The first-order valence-electron chi connectivity index (χ1n) is 11.2. The zero-order valence-electron chi connectivity index (χ0n) is 20.0. The van der Waals surface area contributed by atoms with Gasteiger partial charge < -0.3 is 10.1 Å². The fourth-order valence-electron chi connectivity index (χ4n) is 3.37. The van der Waals surface area contributed by atoms with Crippen molar-refractivity contribution in [3.63, 3.8) is 0 Å². The lowest BCUT2D eigenvalue weighted by atomic mass is 10.0. The number of carbonyl (C=O) groups is 2. The Morgan fingerprint density at radius 2 is 1.39 bits per heavy atom. The molecule has 1 heterocycles. The Kier molecular flexibility index (Phi) is 8.04. The number of aromatic nitrogens is 1. The summed E-state index contributed by atoms with van der Waals surface area (Å²) in [5.41, 5.74) is -2.34. The summed E-state index contributed by atoms with van der Waals surface area (Å²) in [4.78, 5) is 28.8. The first kappa shape index (κ1) is 28.8. The average molecular weight is 576 g/mol. The van der Waals surface area contributed by atoms with Crippen LogP contribution in [0.2, 0.25) is 0 Å². The van der Waals surface area contributed by atoms with Crippen LogP contribution in [0.1, 0.15) is 37.4 Å². The van der Waals surface area contributed by atoms with Gasteiger partial charge in [-0.2, -0.15) is 22.0 Å². The molecule has 0 saturated heterocycles. The zero-order chi connectivity index (χ0) is 29.9. The quantitative estimate of drug-likeness (QED) is 0.0737. The summed E-state index contributed by atoms with van der Waals surface area (Å²) in [5.74, 6) is -11.1. The van der Waals surface area contributed by atoms with Gasteiger partial charge in [0.2, 0.25) is 34.8 Å². The zero-order valence-corrected chi connectivity index (χ0v) is 20.0. The predicted molar refractivity (Wildman–Crippen MR) is 127 cm³/mol. The molecule has 0 aliphatic heterocycles. The predicted octanol–water partition coefficient (Wildman–Crippen LogP) is 6.67. The molecule has 1 N–H and O–H groups in total. The maximum Gasteiger partial charge on any atom is 0.417 e. The van der Waals surface area contributed by atoms with E-state index in [9.17, 15) is 44.7 Å². The van der Waals surface area contributed by atoms with Gasteiger partial charge in [-0.3, -0.25) is 4.79 Å². The van der Waals surface area contributed by atoms with E-state index in [1.165, 1.54) is 30.5 Å². The second-order valence-electron chi connectivity index (χ2n) is 8.05. The Morgan fingerprint density at radius 1 is 0.756 bits per heavy atom. The molecule has 0 spiro atoms. The van der Waals surface area contributed by atoms with Gasteiger partial charge in [0.05, 0.1) is 16.7 Å². The first-order valence-corrected chi connectivity index (χ1v) is 11.2. The molecular weight excluding hydrogens is 564 g/mol. The maximum absolute atomic E-state index is 13.9. The lowest BCUT2D eigenvalue weighted by molar-refractivity contribution is -0.137. The number of nitrogens with one attached hydrogen (secondary N) is 1. The number of hydrogen-bond donors (Lipinski definition) is 1. The van der Waals surface area contributed by atoms with Crippen LogP contribution < -0.4 is 10.1 Å². The van der Waals surface area contributed by atoms with Gasteiger partial charge in [-0.25, -0.2) is 22.9 Å². The molecule has 0 aliphatic rings. The lowest BCUT2D eigenvalue weighted by Gasteiger charge is -2.13. The van der Waals surface area contributed by atoms with Crippen LogP contribution in [-0.4, -0.2) is 16.9 Å². The monoisotopic (exact) mass is 576 g/mol. The number of ether oxygens (including phenoxy) is 1. The van der Waals surface area contributed by atoms with Crippen molar-refractivity contribution in [2.45, 2.75) is 6.18 Å². The van der Waals surface area contributed by atoms with E-state index in [-0.39, 0.29) is 16.9 Å². The van der Waals surface area contributed by atoms with Crippen molar-refractivity contribution in [2.24, 2.45) is 0 Å². The summed E-state index contributed by atoms with van der Waals surface area (Å²) in [6.07, 6.45) is -3.54. The minimum atomic E-state index is -4.87. The summed E-state index contributed by atoms with van der Waals surface area (Å²) in [6.45, 7) is 0. The molecule has 3 aromatic carbocycles. The molecule has 41 heavy (non-hydrogen) atoms. The van der Waals surface area contributed by atoms with Gasteiger partial charge in [0, 0.05) is 17.3 Å². The normalized spacial score (nSPS) is 10.9. The highest BCUT2D eigenvalue weighted by molar-refractivity contribution is 6.05. The molecule has 0 atom stereocenters. The van der Waals surface area contributed by atoms with Gasteiger partial charge >= 0.3 is 12.1 Å². The molecule has 5 nitrogen and oxygen atoms in total. The molecule has 13 heteroatoms. The molecule has 0 radical (unpaired) electrons. The highest BCUT2D eigenvalue weighted by Crippen LogP contribution is 2.33. The van der Waals surface area contributed by atoms with Gasteiger partial charge in [-0.05, 0) is 48.5 Å². The molecule has 0 aliphatic carbocycles. The third-order valence-electron chi connectivity index (χ3n) is 5.29. The molecule has 4 aromatic rings. The Balaban J connectivity index is 1.61. The molecule has 0 fully saturated rings. The number of esters is 1. The van der Waals surface area contributed by atoms with E-state index in [0.29, 0.717) is 6.07 Å². The van der Waals surface area contributed by atoms with Crippen LogP contribution in [0.25, 0.3) is 0 Å². The summed E-state index contributed by atoms with van der Waals surface area (Å²) >= 11 is 0. The minimum absolute atomic E-state index is 0.0108. The van der Waals surface area contributed by atoms with Gasteiger partial charge in [0.1, 0.15) is 5.82 Å². The van der Waals surface area contributed by atoms with Crippen LogP contribution >= 0.6 is 0 Å². The number of nitrogens with zero attached hydrogens (tertiary/aromatic N) is 1. The largest absolute Gasteiger partial charge is 0.417 e. The van der Waals surface area contributed by atoms with E-state index < -0.39 is 69.6 Å². The number of hydrogen-bond acceptors (Lipinski definition) is 4. The van der Waals surface area contributed by atoms with Gasteiger partial charge in [0.25, 0.3) is 5.91 Å². The van der Waals surface area contributed by atoms with Crippen molar-refractivity contribution >= 4 is 17.7 Å². The topological polar surface area (TPSA) is 68.3 Å². The molecule has 1 aromatic heterocycles. The Labute approximate surface area is 225 Å². The van der Waals surface area contributed by atoms with E-state index in [1.54, 1.807) is 6.07 Å². The second-order valence-corrected chi connectivity index (χ2v) is 8.05. The molecule has 1 amide bonds. The molecular formula is C28H12F8N2O3. The fraction of sp³-hybridized carbons (Fsp3) is 0.0357. The van der Waals surface area contributed by atoms with E-state index in [2.05, 4.69) is 26.9 Å². The summed E-state index contributed by atoms with van der Waals surface area (Å²) in [6, 6.07) is 11.7. The van der Waals surface area contributed by atoms with E-state index in [1.807, 2.05) is 0 Å². The second kappa shape index (κ2) is 11.5. The molecule has 0 bridgehead atoms. The third kappa shape index (κ3) is 6.33. The van der Waals surface area contributed by atoms with Crippen LogP contribution in [0.3, 0.4) is 0 Å². The number of pyridine rings is 1. The standard InChI is InChI=1S/C28H12F8N2O3/c29-20-21(30)23(32)25(24(33)22(20)31)41-27(40)16-5-3-4-14(12-16)7-8-15-9-10-18(28(34,35)36)17(13-15)26(39)38-19-6-1-2-11-37-19/h1-6,9-13H,(H,37,38,39). The van der Waals surface area contributed by atoms with Crippen molar-refractivity contribution < 1.29 is 49.4 Å². The highest BCUT2D eigenvalue weighted by Gasteiger charge is 2.35. The van der Waals surface area contributed by atoms with Crippen molar-refractivity contribution in [1.29, 1.82) is 0 Å². The van der Waals surface area contributed by atoms with E-state index in [4.69, 9.17) is 0 Å². The number of carbonyl (C=O) groups excluding carboxylic acids is 2. The molecule has 4 rings (SSSR count). The molecule has 0 unspecified atom stereocenters. The number of amides is 1. The van der Waals surface area contributed by atoms with Crippen LogP contribution in [-0.2, 0) is 6.18 Å². The Morgan fingerprint density at radius 3 is 2.00 bits per heavy atom. The van der Waals surface area contributed by atoms with Crippen molar-refractivity contribution in [1.82, 2.24) is 4.98 Å². The first-order chi connectivity index (χ1) is 19.4. The van der Waals surface area contributed by atoms with Gasteiger partial charge in [0.15, 0.2) is 0 Å². The SMILES string of the molecule is O=C(Oc1c(F)c(F)c(F)c(F)c1F)c1cccc(C#Cc2ccc(C(F)(F)F)c(C(=O)Nc3ccccn3)c2)c1. The van der Waals surface area contributed by atoms with Crippen molar-refractivity contribution in [3.05, 3.63) is 124 Å². The minimum Gasteiger partial charge on any atom is -0.416 e. The van der Waals surface area contributed by atoms with Crippen LogP contribution in [0.4, 0.5) is 40.9 Å². The van der Waals surface area contributed by atoms with E-state index >= 15 is 0 Å². The number of benzene rings is 3. The Bertz CT molecular complexity index is 1700. The smallest absolute Gasteiger partial charge is 0.416 e. The average Bonchev–Trinajstić information content (AvgIpc) is 2.96. The lowest BCUT2D eigenvalue weighted by Crippen LogP contribution is -2.19. The van der Waals surface area contributed by atoms with Gasteiger partial charge in [-0.1, -0.05) is 24.0 Å². The number of rotatable bonds is 4. The number of anilines is 1. The van der Waals surface area contributed by atoms with Gasteiger partial charge in [-0.15, -0.1) is 0 Å². The summed E-state index contributed by atoms with van der Waals surface area (Å²) in [7, 11) is 0. The van der Waals surface area contributed by atoms with E-state index in [0.717, 1.165) is 24.3 Å². The summed E-state index contributed by atoms with van der Waals surface area (Å²) in [5, 5.41) is 2.26. The van der Waals surface area contributed by atoms with Crippen molar-refractivity contribution in [2.75, 3.05) is 5.32 Å². The number of alkyl halides is 3.